The average molecular weight is 272 g/mol. The summed E-state index contributed by atoms with van der Waals surface area (Å²) in [6.07, 6.45) is 0.961. The molecule has 0 bridgehead atoms. The summed E-state index contributed by atoms with van der Waals surface area (Å²) in [5.74, 6) is 0.475. The van der Waals surface area contributed by atoms with Crippen molar-refractivity contribution in [3.63, 3.8) is 0 Å². The van der Waals surface area contributed by atoms with Crippen LogP contribution in [-0.2, 0) is 10.2 Å². The molecule has 0 saturated carbocycles. The zero-order valence-corrected chi connectivity index (χ0v) is 11.7. The number of nitrogens with zero attached hydrogens (tertiary/aromatic N) is 1. The predicted molar refractivity (Wildman–Crippen MR) is 68.0 cm³/mol. The van der Waals surface area contributed by atoms with Crippen LogP contribution in [0.1, 0.15) is 20.3 Å². The van der Waals surface area contributed by atoms with E-state index in [0.29, 0.717) is 25.6 Å². The van der Waals surface area contributed by atoms with Crippen molar-refractivity contribution in [1.29, 1.82) is 0 Å². The molecule has 0 spiro atoms. The molecule has 1 saturated heterocycles. The van der Waals surface area contributed by atoms with E-state index in [4.69, 9.17) is 0 Å². The second-order valence-corrected chi connectivity index (χ2v) is 6.05. The minimum atomic E-state index is -3.25. The first-order valence-electron chi connectivity index (χ1n) is 5.37. The highest BCUT2D eigenvalue weighted by Crippen LogP contribution is 2.17. The first-order valence-corrected chi connectivity index (χ1v) is 6.81. The number of hydrogen-bond donors (Lipinski definition) is 2. The van der Waals surface area contributed by atoms with Crippen molar-refractivity contribution in [2.45, 2.75) is 26.3 Å². The fourth-order valence-electron chi connectivity index (χ4n) is 1.54. The summed E-state index contributed by atoms with van der Waals surface area (Å²) in [6.45, 7) is 5.73. The van der Waals surface area contributed by atoms with Crippen molar-refractivity contribution in [2.75, 3.05) is 26.7 Å². The third-order valence-corrected chi connectivity index (χ3v) is 4.33. The molecule has 2 unspecified atom stereocenters. The SMILES string of the molecule is CNC(C)CNS(=O)(=O)N1CCC(C)C1.Cl. The van der Waals surface area contributed by atoms with Gasteiger partial charge in [0, 0.05) is 25.7 Å². The molecule has 2 N–H and O–H groups in total. The van der Waals surface area contributed by atoms with Crippen molar-refractivity contribution in [1.82, 2.24) is 14.3 Å². The molecular formula is C9H22ClN3O2S. The average Bonchev–Trinajstić information content (AvgIpc) is 2.62. The van der Waals surface area contributed by atoms with Gasteiger partial charge in [0.1, 0.15) is 0 Å². The van der Waals surface area contributed by atoms with Gasteiger partial charge in [-0.3, -0.25) is 0 Å². The molecule has 98 valence electrons. The molecular weight excluding hydrogens is 250 g/mol. The van der Waals surface area contributed by atoms with Gasteiger partial charge >= 0.3 is 0 Å². The van der Waals surface area contributed by atoms with Crippen molar-refractivity contribution in [3.8, 4) is 0 Å². The number of rotatable bonds is 5. The minimum Gasteiger partial charge on any atom is -0.316 e. The van der Waals surface area contributed by atoms with Crippen LogP contribution in [0.4, 0.5) is 0 Å². The second kappa shape index (κ2) is 6.76. The van der Waals surface area contributed by atoms with Crippen LogP contribution in [0.2, 0.25) is 0 Å². The lowest BCUT2D eigenvalue weighted by Crippen LogP contribution is -2.44. The van der Waals surface area contributed by atoms with Crippen LogP contribution in [0.15, 0.2) is 0 Å². The fourth-order valence-corrected chi connectivity index (χ4v) is 2.98. The number of nitrogens with one attached hydrogen (secondary N) is 2. The van der Waals surface area contributed by atoms with Crippen LogP contribution in [0, 0.1) is 5.92 Å². The maximum atomic E-state index is 11.8. The Labute approximate surface area is 105 Å². The molecule has 16 heavy (non-hydrogen) atoms. The van der Waals surface area contributed by atoms with Crippen LogP contribution < -0.4 is 10.0 Å². The number of hydrogen-bond acceptors (Lipinski definition) is 3. The summed E-state index contributed by atoms with van der Waals surface area (Å²) in [5.41, 5.74) is 0. The Balaban J connectivity index is 0.00000225. The second-order valence-electron chi connectivity index (χ2n) is 4.30. The maximum absolute atomic E-state index is 11.8. The molecule has 1 fully saturated rings. The molecule has 1 aliphatic heterocycles. The van der Waals surface area contributed by atoms with Crippen LogP contribution in [0.25, 0.3) is 0 Å². The molecule has 0 aromatic rings. The fraction of sp³-hybridized carbons (Fsp3) is 1.00. The van der Waals surface area contributed by atoms with Crippen molar-refractivity contribution in [3.05, 3.63) is 0 Å². The van der Waals surface area contributed by atoms with E-state index in [1.54, 1.807) is 0 Å². The Bertz CT molecular complexity index is 297. The highest BCUT2D eigenvalue weighted by atomic mass is 35.5. The highest BCUT2D eigenvalue weighted by Gasteiger charge is 2.28. The Morgan fingerprint density at radius 3 is 2.56 bits per heavy atom. The van der Waals surface area contributed by atoms with Gasteiger partial charge in [-0.2, -0.15) is 12.7 Å². The van der Waals surface area contributed by atoms with Crippen molar-refractivity contribution < 1.29 is 8.42 Å². The predicted octanol–water partition coefficient (Wildman–Crippen LogP) is 0.192. The number of likely N-dealkylation sites (N-methyl/N-ethyl adjacent to an activating group) is 1. The summed E-state index contributed by atoms with van der Waals surface area (Å²) in [6, 6.07) is 0.153. The monoisotopic (exact) mass is 271 g/mol. The normalized spacial score (nSPS) is 24.1. The largest absolute Gasteiger partial charge is 0.316 e. The van der Waals surface area contributed by atoms with Gasteiger partial charge in [0.2, 0.25) is 0 Å². The Kier molecular flexibility index (Phi) is 6.81. The van der Waals surface area contributed by atoms with Gasteiger partial charge in [0.25, 0.3) is 10.2 Å². The van der Waals surface area contributed by atoms with E-state index in [0.717, 1.165) is 6.42 Å². The summed E-state index contributed by atoms with van der Waals surface area (Å²) in [7, 11) is -1.44. The molecule has 2 atom stereocenters. The van der Waals surface area contributed by atoms with Crippen molar-refractivity contribution >= 4 is 22.6 Å². The Morgan fingerprint density at radius 1 is 1.50 bits per heavy atom. The van der Waals surface area contributed by atoms with Crippen LogP contribution in [0.5, 0.6) is 0 Å². The van der Waals surface area contributed by atoms with E-state index in [1.807, 2.05) is 14.0 Å². The lowest BCUT2D eigenvalue weighted by Gasteiger charge is -2.18. The standard InChI is InChI=1S/C9H21N3O2S.ClH/c1-8-4-5-12(7-8)15(13,14)11-6-9(2)10-3;/h8-11H,4-7H2,1-3H3;1H. The summed E-state index contributed by atoms with van der Waals surface area (Å²) in [5, 5.41) is 2.99. The van der Waals surface area contributed by atoms with Gasteiger partial charge in [0.05, 0.1) is 0 Å². The minimum absolute atomic E-state index is 0. The van der Waals surface area contributed by atoms with Gasteiger partial charge in [-0.05, 0) is 26.3 Å². The zero-order chi connectivity index (χ0) is 11.5. The lowest BCUT2D eigenvalue weighted by molar-refractivity contribution is 0.448. The first-order chi connectivity index (χ1) is 6.95. The van der Waals surface area contributed by atoms with E-state index < -0.39 is 10.2 Å². The van der Waals surface area contributed by atoms with Gasteiger partial charge in [-0.1, -0.05) is 6.92 Å². The van der Waals surface area contributed by atoms with Crippen LogP contribution in [-0.4, -0.2) is 45.4 Å². The van der Waals surface area contributed by atoms with E-state index >= 15 is 0 Å². The van der Waals surface area contributed by atoms with Gasteiger partial charge in [-0.15, -0.1) is 12.4 Å². The molecule has 7 heteroatoms. The lowest BCUT2D eigenvalue weighted by atomic mass is 10.2. The molecule has 0 aromatic heterocycles. The Hall–Kier alpha value is 0.120. The highest BCUT2D eigenvalue weighted by molar-refractivity contribution is 7.87. The molecule has 0 aliphatic carbocycles. The molecule has 5 nitrogen and oxygen atoms in total. The summed E-state index contributed by atoms with van der Waals surface area (Å²) >= 11 is 0. The summed E-state index contributed by atoms with van der Waals surface area (Å²) < 4.78 is 27.7. The van der Waals surface area contributed by atoms with Crippen molar-refractivity contribution in [2.24, 2.45) is 5.92 Å². The maximum Gasteiger partial charge on any atom is 0.279 e. The molecule has 1 heterocycles. The molecule has 1 rings (SSSR count). The van der Waals surface area contributed by atoms with E-state index in [9.17, 15) is 8.42 Å². The number of halogens is 1. The smallest absolute Gasteiger partial charge is 0.279 e. The third-order valence-electron chi connectivity index (χ3n) is 2.79. The topological polar surface area (TPSA) is 61.4 Å². The molecule has 0 amide bonds. The summed E-state index contributed by atoms with van der Waals surface area (Å²) in [4.78, 5) is 0. The van der Waals surface area contributed by atoms with E-state index in [-0.39, 0.29) is 18.4 Å². The molecule has 1 aliphatic rings. The van der Waals surface area contributed by atoms with Crippen LogP contribution >= 0.6 is 12.4 Å². The first kappa shape index (κ1) is 16.1. The molecule has 0 radical (unpaired) electrons. The van der Waals surface area contributed by atoms with E-state index in [2.05, 4.69) is 17.0 Å². The van der Waals surface area contributed by atoms with Gasteiger partial charge in [0.15, 0.2) is 0 Å². The van der Waals surface area contributed by atoms with Gasteiger partial charge < -0.3 is 5.32 Å². The zero-order valence-electron chi connectivity index (χ0n) is 10.1. The van der Waals surface area contributed by atoms with E-state index in [1.165, 1.54) is 4.31 Å². The van der Waals surface area contributed by atoms with Crippen LogP contribution in [0.3, 0.4) is 0 Å². The third kappa shape index (κ3) is 4.55. The quantitative estimate of drug-likeness (QED) is 0.751. The van der Waals surface area contributed by atoms with Gasteiger partial charge in [-0.25, -0.2) is 4.72 Å². The molecule has 0 aromatic carbocycles. The Morgan fingerprint density at radius 2 is 2.12 bits per heavy atom.